The van der Waals surface area contributed by atoms with Gasteiger partial charge in [0.1, 0.15) is 0 Å². The number of hydrogen-bond donors (Lipinski definition) is 1. The first kappa shape index (κ1) is 13.1. The van der Waals surface area contributed by atoms with E-state index in [-0.39, 0.29) is 6.04 Å². The van der Waals surface area contributed by atoms with Crippen LogP contribution in [0.4, 0.5) is 0 Å². The minimum Gasteiger partial charge on any atom is -0.378 e. The minimum atomic E-state index is 0.275. The van der Waals surface area contributed by atoms with Gasteiger partial charge in [-0.3, -0.25) is 0 Å². The van der Waals surface area contributed by atoms with Crippen molar-refractivity contribution in [1.82, 2.24) is 0 Å². The molecule has 0 aromatic carbocycles. The number of ether oxygens (including phenoxy) is 1. The predicted molar refractivity (Wildman–Crippen MR) is 71.9 cm³/mol. The van der Waals surface area contributed by atoms with Crippen LogP contribution in [0, 0.1) is 5.41 Å². The predicted octanol–water partition coefficient (Wildman–Crippen LogP) is 3.41. The smallest absolute Gasteiger partial charge is 0.0576 e. The van der Waals surface area contributed by atoms with Gasteiger partial charge >= 0.3 is 0 Å². The molecule has 0 radical (unpaired) electrons. The molecule has 0 spiro atoms. The van der Waals surface area contributed by atoms with E-state index in [0.717, 1.165) is 13.0 Å². The van der Waals surface area contributed by atoms with E-state index < -0.39 is 0 Å². The second-order valence-electron chi connectivity index (χ2n) is 6.56. The van der Waals surface area contributed by atoms with Crippen LogP contribution >= 0.6 is 0 Å². The van der Waals surface area contributed by atoms with Crippen molar-refractivity contribution in [3.8, 4) is 0 Å². The fraction of sp³-hybridized carbons (Fsp3) is 0.867. The minimum absolute atomic E-state index is 0.275. The zero-order chi connectivity index (χ0) is 12.3. The van der Waals surface area contributed by atoms with E-state index in [4.69, 9.17) is 10.5 Å². The zero-order valence-electron chi connectivity index (χ0n) is 11.4. The summed E-state index contributed by atoms with van der Waals surface area (Å²) in [6, 6.07) is 0.275. The summed E-state index contributed by atoms with van der Waals surface area (Å²) in [5, 5.41) is 0. The molecule has 0 bridgehead atoms. The van der Waals surface area contributed by atoms with E-state index >= 15 is 0 Å². The van der Waals surface area contributed by atoms with Gasteiger partial charge in [-0.05, 0) is 50.4 Å². The summed E-state index contributed by atoms with van der Waals surface area (Å²) < 4.78 is 5.66. The Kier molecular flexibility index (Phi) is 4.26. The summed E-state index contributed by atoms with van der Waals surface area (Å²) in [5.74, 6) is 0. The van der Waals surface area contributed by atoms with Gasteiger partial charge in [0, 0.05) is 12.6 Å². The zero-order valence-corrected chi connectivity index (χ0v) is 11.4. The molecule has 2 N–H and O–H groups in total. The lowest BCUT2D eigenvalue weighted by Gasteiger charge is -2.33. The van der Waals surface area contributed by atoms with Crippen LogP contribution < -0.4 is 5.73 Å². The molecule has 1 aliphatic heterocycles. The van der Waals surface area contributed by atoms with Crippen LogP contribution in [0.3, 0.4) is 0 Å². The van der Waals surface area contributed by atoms with Gasteiger partial charge in [0.2, 0.25) is 0 Å². The molecule has 0 aromatic rings. The third kappa shape index (κ3) is 4.11. The van der Waals surface area contributed by atoms with Gasteiger partial charge in [-0.1, -0.05) is 25.5 Å². The fourth-order valence-electron chi connectivity index (χ4n) is 3.35. The average molecular weight is 237 g/mol. The van der Waals surface area contributed by atoms with Gasteiger partial charge in [0.05, 0.1) is 6.10 Å². The van der Waals surface area contributed by atoms with Crippen LogP contribution in [-0.4, -0.2) is 18.8 Å². The van der Waals surface area contributed by atoms with Crippen LogP contribution in [-0.2, 0) is 4.74 Å². The molecule has 1 aliphatic carbocycles. The van der Waals surface area contributed by atoms with E-state index in [1.165, 1.54) is 38.5 Å². The van der Waals surface area contributed by atoms with Crippen molar-refractivity contribution in [3.05, 3.63) is 11.6 Å². The van der Waals surface area contributed by atoms with Gasteiger partial charge in [-0.2, -0.15) is 0 Å². The van der Waals surface area contributed by atoms with Gasteiger partial charge in [0.15, 0.2) is 0 Å². The van der Waals surface area contributed by atoms with Gasteiger partial charge < -0.3 is 10.5 Å². The second-order valence-corrected chi connectivity index (χ2v) is 6.56. The lowest BCUT2D eigenvalue weighted by atomic mass is 9.74. The van der Waals surface area contributed by atoms with Gasteiger partial charge in [-0.25, -0.2) is 0 Å². The van der Waals surface area contributed by atoms with E-state index in [9.17, 15) is 0 Å². The maximum atomic E-state index is 6.09. The normalized spacial score (nSPS) is 32.5. The molecule has 2 heteroatoms. The fourth-order valence-corrected chi connectivity index (χ4v) is 3.35. The molecule has 2 aliphatic rings. The highest BCUT2D eigenvalue weighted by atomic mass is 16.5. The third-order valence-electron chi connectivity index (χ3n) is 3.99. The standard InChI is InChI=1S/C15H27NO/c1-15(2)10-12(9-13(16)11-15)5-3-6-14-7-4-8-17-14/h9,13-14H,3-8,10-11,16H2,1-2H3. The van der Waals surface area contributed by atoms with Crippen LogP contribution in [0.5, 0.6) is 0 Å². The Morgan fingerprint density at radius 2 is 2.29 bits per heavy atom. The van der Waals surface area contributed by atoms with Crippen molar-refractivity contribution in [2.45, 2.75) is 70.9 Å². The van der Waals surface area contributed by atoms with Crippen molar-refractivity contribution < 1.29 is 4.74 Å². The molecular weight excluding hydrogens is 210 g/mol. The summed E-state index contributed by atoms with van der Waals surface area (Å²) >= 11 is 0. The summed E-state index contributed by atoms with van der Waals surface area (Å²) in [4.78, 5) is 0. The molecule has 2 unspecified atom stereocenters. The SMILES string of the molecule is CC1(C)CC(CCCC2CCCO2)=CC(N)C1. The molecule has 2 nitrogen and oxygen atoms in total. The maximum Gasteiger partial charge on any atom is 0.0576 e. The van der Waals surface area contributed by atoms with E-state index in [2.05, 4.69) is 19.9 Å². The Morgan fingerprint density at radius 3 is 2.94 bits per heavy atom. The van der Waals surface area contributed by atoms with Gasteiger partial charge in [0.25, 0.3) is 0 Å². The Hall–Kier alpha value is -0.340. The first-order chi connectivity index (χ1) is 8.05. The molecule has 2 rings (SSSR count). The second kappa shape index (κ2) is 5.53. The lowest BCUT2D eigenvalue weighted by Crippen LogP contribution is -2.31. The molecule has 17 heavy (non-hydrogen) atoms. The van der Waals surface area contributed by atoms with E-state index in [1.54, 1.807) is 5.57 Å². The highest BCUT2D eigenvalue weighted by Crippen LogP contribution is 2.36. The number of allylic oxidation sites excluding steroid dienone is 1. The van der Waals surface area contributed by atoms with Crippen molar-refractivity contribution in [2.24, 2.45) is 11.1 Å². The molecule has 0 amide bonds. The molecular formula is C15H27NO. The first-order valence-electron chi connectivity index (χ1n) is 7.12. The van der Waals surface area contributed by atoms with Crippen LogP contribution in [0.1, 0.15) is 58.8 Å². The summed E-state index contributed by atoms with van der Waals surface area (Å²) in [6.45, 7) is 5.64. The van der Waals surface area contributed by atoms with Crippen molar-refractivity contribution in [3.63, 3.8) is 0 Å². The number of nitrogens with two attached hydrogens (primary N) is 1. The van der Waals surface area contributed by atoms with Crippen molar-refractivity contribution in [2.75, 3.05) is 6.61 Å². The summed E-state index contributed by atoms with van der Waals surface area (Å²) in [5.41, 5.74) is 8.07. The molecule has 1 saturated heterocycles. The molecule has 1 fully saturated rings. The highest BCUT2D eigenvalue weighted by molar-refractivity contribution is 5.14. The van der Waals surface area contributed by atoms with Crippen LogP contribution in [0.2, 0.25) is 0 Å². The summed E-state index contributed by atoms with van der Waals surface area (Å²) in [7, 11) is 0. The van der Waals surface area contributed by atoms with Crippen molar-refractivity contribution in [1.29, 1.82) is 0 Å². The monoisotopic (exact) mass is 237 g/mol. The Balaban J connectivity index is 1.74. The molecule has 98 valence electrons. The number of rotatable bonds is 4. The van der Waals surface area contributed by atoms with E-state index in [0.29, 0.717) is 11.5 Å². The Labute approximate surface area is 106 Å². The van der Waals surface area contributed by atoms with E-state index in [1.807, 2.05) is 0 Å². The first-order valence-corrected chi connectivity index (χ1v) is 7.12. The maximum absolute atomic E-state index is 6.09. The van der Waals surface area contributed by atoms with Crippen LogP contribution in [0.25, 0.3) is 0 Å². The lowest BCUT2D eigenvalue weighted by molar-refractivity contribution is 0.102. The molecule has 0 saturated carbocycles. The Bertz CT molecular complexity index is 277. The average Bonchev–Trinajstić information content (AvgIpc) is 2.67. The molecule has 1 heterocycles. The summed E-state index contributed by atoms with van der Waals surface area (Å²) in [6.07, 6.45) is 11.4. The topological polar surface area (TPSA) is 35.2 Å². The quantitative estimate of drug-likeness (QED) is 0.760. The third-order valence-corrected chi connectivity index (χ3v) is 3.99. The van der Waals surface area contributed by atoms with Gasteiger partial charge in [-0.15, -0.1) is 0 Å². The molecule has 2 atom stereocenters. The highest BCUT2D eigenvalue weighted by Gasteiger charge is 2.26. The number of hydrogen-bond acceptors (Lipinski definition) is 2. The van der Waals surface area contributed by atoms with Crippen molar-refractivity contribution >= 4 is 0 Å². The Morgan fingerprint density at radius 1 is 1.47 bits per heavy atom. The largest absolute Gasteiger partial charge is 0.378 e. The molecule has 0 aromatic heterocycles. The van der Waals surface area contributed by atoms with Crippen LogP contribution in [0.15, 0.2) is 11.6 Å².